The third-order valence-corrected chi connectivity index (χ3v) is 3.97. The van der Waals surface area contributed by atoms with Gasteiger partial charge in [0.1, 0.15) is 0 Å². The number of amides is 1. The van der Waals surface area contributed by atoms with Crippen LogP contribution in [0.25, 0.3) is 0 Å². The molecule has 1 amide bonds. The van der Waals surface area contributed by atoms with Gasteiger partial charge in [-0.2, -0.15) is 0 Å². The molecular formula is C15H22N4O3. The summed E-state index contributed by atoms with van der Waals surface area (Å²) < 4.78 is 0. The van der Waals surface area contributed by atoms with Crippen molar-refractivity contribution in [3.05, 3.63) is 33.9 Å². The molecule has 1 aliphatic rings. The van der Waals surface area contributed by atoms with Gasteiger partial charge in [0.25, 0.3) is 5.69 Å². The first-order valence-electron chi connectivity index (χ1n) is 7.44. The first-order valence-corrected chi connectivity index (χ1v) is 7.44. The normalized spacial score (nSPS) is 15.6. The van der Waals surface area contributed by atoms with Crippen molar-refractivity contribution in [2.24, 2.45) is 0 Å². The van der Waals surface area contributed by atoms with Gasteiger partial charge in [-0.05, 0) is 19.1 Å². The first-order chi connectivity index (χ1) is 10.5. The fourth-order valence-corrected chi connectivity index (χ4v) is 2.61. The molecule has 1 heterocycles. The molecule has 0 bridgehead atoms. The van der Waals surface area contributed by atoms with Gasteiger partial charge in [-0.25, -0.2) is 0 Å². The van der Waals surface area contributed by atoms with Gasteiger partial charge in [0, 0.05) is 63.5 Å². The quantitative estimate of drug-likeness (QED) is 0.658. The van der Waals surface area contributed by atoms with E-state index in [2.05, 4.69) is 10.2 Å². The Morgan fingerprint density at radius 1 is 1.32 bits per heavy atom. The minimum Gasteiger partial charge on any atom is -0.384 e. The fraction of sp³-hybridized carbons (Fsp3) is 0.533. The SMILES string of the molecule is CC(=O)N1CCN(CCNc2ccc([N+](=O)[O-])c(C)c2)CC1. The molecule has 1 N–H and O–H groups in total. The van der Waals surface area contributed by atoms with Crippen LogP contribution in [0.3, 0.4) is 0 Å². The number of nitrogens with zero attached hydrogens (tertiary/aromatic N) is 3. The van der Waals surface area contributed by atoms with Gasteiger partial charge < -0.3 is 10.2 Å². The maximum atomic E-state index is 11.3. The molecule has 7 heteroatoms. The van der Waals surface area contributed by atoms with Crippen molar-refractivity contribution in [1.29, 1.82) is 0 Å². The van der Waals surface area contributed by atoms with Crippen molar-refractivity contribution < 1.29 is 9.72 Å². The fourth-order valence-electron chi connectivity index (χ4n) is 2.61. The molecule has 1 aromatic carbocycles. The Morgan fingerprint density at radius 3 is 2.55 bits per heavy atom. The van der Waals surface area contributed by atoms with E-state index in [1.807, 2.05) is 4.90 Å². The van der Waals surface area contributed by atoms with Gasteiger partial charge in [0.15, 0.2) is 0 Å². The van der Waals surface area contributed by atoms with Crippen LogP contribution >= 0.6 is 0 Å². The highest BCUT2D eigenvalue weighted by molar-refractivity contribution is 5.73. The number of piperazine rings is 1. The lowest BCUT2D eigenvalue weighted by atomic mass is 10.2. The molecule has 0 aliphatic carbocycles. The zero-order valence-corrected chi connectivity index (χ0v) is 13.0. The second-order valence-corrected chi connectivity index (χ2v) is 5.53. The molecule has 0 spiro atoms. The molecule has 22 heavy (non-hydrogen) atoms. The number of carbonyl (C=O) groups excluding carboxylic acids is 1. The lowest BCUT2D eigenvalue weighted by molar-refractivity contribution is -0.385. The molecular weight excluding hydrogens is 284 g/mol. The van der Waals surface area contributed by atoms with Crippen molar-refractivity contribution >= 4 is 17.3 Å². The van der Waals surface area contributed by atoms with Crippen LogP contribution in [0.4, 0.5) is 11.4 Å². The first kappa shape index (κ1) is 16.2. The standard InChI is InChI=1S/C15H22N4O3/c1-12-11-14(3-4-15(12)19(21)22)16-5-6-17-7-9-18(10-8-17)13(2)20/h3-4,11,16H,5-10H2,1-2H3. The third kappa shape index (κ3) is 4.17. The van der Waals surface area contributed by atoms with Crippen molar-refractivity contribution in [1.82, 2.24) is 9.80 Å². The molecule has 0 radical (unpaired) electrons. The van der Waals surface area contributed by atoms with Gasteiger partial charge in [-0.15, -0.1) is 0 Å². The van der Waals surface area contributed by atoms with Gasteiger partial charge in [0.05, 0.1) is 4.92 Å². The van der Waals surface area contributed by atoms with Crippen LogP contribution in [0, 0.1) is 17.0 Å². The molecule has 7 nitrogen and oxygen atoms in total. The van der Waals surface area contributed by atoms with E-state index in [0.717, 1.165) is 45.0 Å². The Morgan fingerprint density at radius 2 is 2.00 bits per heavy atom. The van der Waals surface area contributed by atoms with Gasteiger partial charge in [0.2, 0.25) is 5.91 Å². The third-order valence-electron chi connectivity index (χ3n) is 3.97. The number of nitro benzene ring substituents is 1. The largest absolute Gasteiger partial charge is 0.384 e. The second-order valence-electron chi connectivity index (χ2n) is 5.53. The summed E-state index contributed by atoms with van der Waals surface area (Å²) in [6, 6.07) is 5.06. The Bertz CT molecular complexity index is 554. The monoisotopic (exact) mass is 306 g/mol. The molecule has 0 saturated carbocycles. The van der Waals surface area contributed by atoms with Gasteiger partial charge >= 0.3 is 0 Å². The highest BCUT2D eigenvalue weighted by Crippen LogP contribution is 2.21. The molecule has 1 fully saturated rings. The zero-order valence-electron chi connectivity index (χ0n) is 13.0. The van der Waals surface area contributed by atoms with E-state index in [0.29, 0.717) is 5.56 Å². The highest BCUT2D eigenvalue weighted by Gasteiger charge is 2.17. The Balaban J connectivity index is 1.76. The van der Waals surface area contributed by atoms with Crippen LogP contribution in [0.15, 0.2) is 18.2 Å². The number of hydrogen-bond acceptors (Lipinski definition) is 5. The van der Waals surface area contributed by atoms with Gasteiger partial charge in [-0.1, -0.05) is 0 Å². The summed E-state index contributed by atoms with van der Waals surface area (Å²) in [5.74, 6) is 0.138. The molecule has 120 valence electrons. The number of anilines is 1. The summed E-state index contributed by atoms with van der Waals surface area (Å²) in [5.41, 5.74) is 1.70. The molecule has 0 atom stereocenters. The van der Waals surface area contributed by atoms with Crippen molar-refractivity contribution in [3.8, 4) is 0 Å². The number of carbonyl (C=O) groups is 1. The van der Waals surface area contributed by atoms with E-state index in [1.165, 1.54) is 6.07 Å². The summed E-state index contributed by atoms with van der Waals surface area (Å²) in [7, 11) is 0. The second kappa shape index (κ2) is 7.22. The molecule has 1 saturated heterocycles. The Hall–Kier alpha value is -2.15. The van der Waals surface area contributed by atoms with E-state index < -0.39 is 0 Å². The van der Waals surface area contributed by atoms with Crippen LogP contribution in [0.5, 0.6) is 0 Å². The summed E-state index contributed by atoms with van der Waals surface area (Å²) >= 11 is 0. The number of benzene rings is 1. The maximum Gasteiger partial charge on any atom is 0.272 e. The van der Waals surface area contributed by atoms with Gasteiger partial charge in [-0.3, -0.25) is 19.8 Å². The van der Waals surface area contributed by atoms with Crippen LogP contribution in [0.2, 0.25) is 0 Å². The smallest absolute Gasteiger partial charge is 0.272 e. The molecule has 1 aromatic rings. The average molecular weight is 306 g/mol. The van der Waals surface area contributed by atoms with Crippen LogP contribution in [0.1, 0.15) is 12.5 Å². The van der Waals surface area contributed by atoms with E-state index in [1.54, 1.807) is 26.0 Å². The topological polar surface area (TPSA) is 78.7 Å². The maximum absolute atomic E-state index is 11.3. The van der Waals surface area contributed by atoms with E-state index in [9.17, 15) is 14.9 Å². The summed E-state index contributed by atoms with van der Waals surface area (Å²) in [6.45, 7) is 8.36. The number of nitro groups is 1. The summed E-state index contributed by atoms with van der Waals surface area (Å²) in [5, 5.41) is 14.1. The lowest BCUT2D eigenvalue weighted by Crippen LogP contribution is -2.49. The Labute approximate surface area is 130 Å². The molecule has 1 aliphatic heterocycles. The van der Waals surface area contributed by atoms with E-state index >= 15 is 0 Å². The minimum atomic E-state index is -0.367. The Kier molecular flexibility index (Phi) is 5.32. The number of aryl methyl sites for hydroxylation is 1. The molecule has 0 aromatic heterocycles. The average Bonchev–Trinajstić information content (AvgIpc) is 2.47. The number of rotatable bonds is 5. The summed E-state index contributed by atoms with van der Waals surface area (Å²) in [6.07, 6.45) is 0. The van der Waals surface area contributed by atoms with Crippen LogP contribution < -0.4 is 5.32 Å². The predicted octanol–water partition coefficient (Wildman–Crippen LogP) is 1.48. The molecule has 0 unspecified atom stereocenters. The minimum absolute atomic E-state index is 0.138. The van der Waals surface area contributed by atoms with Crippen LogP contribution in [-0.4, -0.2) is 59.9 Å². The van der Waals surface area contributed by atoms with Crippen molar-refractivity contribution in [2.75, 3.05) is 44.6 Å². The van der Waals surface area contributed by atoms with Crippen molar-refractivity contribution in [2.45, 2.75) is 13.8 Å². The summed E-state index contributed by atoms with van der Waals surface area (Å²) in [4.78, 5) is 25.8. The predicted molar refractivity (Wildman–Crippen MR) is 85.0 cm³/mol. The number of nitrogens with one attached hydrogen (secondary N) is 1. The van der Waals surface area contributed by atoms with E-state index in [4.69, 9.17) is 0 Å². The number of hydrogen-bond donors (Lipinski definition) is 1. The van der Waals surface area contributed by atoms with Crippen molar-refractivity contribution in [3.63, 3.8) is 0 Å². The lowest BCUT2D eigenvalue weighted by Gasteiger charge is -2.34. The van der Waals surface area contributed by atoms with E-state index in [-0.39, 0.29) is 16.5 Å². The van der Waals surface area contributed by atoms with Crippen LogP contribution in [-0.2, 0) is 4.79 Å². The zero-order chi connectivity index (χ0) is 16.1. The molecule has 2 rings (SSSR count). The highest BCUT2D eigenvalue weighted by atomic mass is 16.6.